The van der Waals surface area contributed by atoms with E-state index in [1.165, 1.54) is 12.1 Å². The minimum Gasteiger partial charge on any atom is -0.337 e. The van der Waals surface area contributed by atoms with Crippen LogP contribution in [0.1, 0.15) is 17.3 Å². The Balaban J connectivity index is 2.14. The molecular weight excluding hydrogens is 207 g/mol. The quantitative estimate of drug-likeness (QED) is 0.777. The number of halogens is 1. The van der Waals surface area contributed by atoms with Gasteiger partial charge in [-0.2, -0.15) is 0 Å². The molecule has 2 rings (SSSR count). The predicted molar refractivity (Wildman–Crippen MR) is 59.4 cm³/mol. The van der Waals surface area contributed by atoms with Crippen LogP contribution in [0.5, 0.6) is 0 Å². The number of nitrogens with two attached hydrogens (primary N) is 1. The number of benzene rings is 1. The Bertz CT molecular complexity index is 398. The molecule has 2 atom stereocenters. The minimum absolute atomic E-state index is 0.0255. The van der Waals surface area contributed by atoms with Gasteiger partial charge in [0.25, 0.3) is 5.91 Å². The molecule has 1 saturated heterocycles. The third kappa shape index (κ3) is 2.07. The fourth-order valence-corrected chi connectivity index (χ4v) is 1.96. The van der Waals surface area contributed by atoms with Gasteiger partial charge < -0.3 is 10.6 Å². The SMILES string of the molecule is CC1CN(C(=O)c2cccc(F)c2)CC1N. The summed E-state index contributed by atoms with van der Waals surface area (Å²) in [5.74, 6) is -0.223. The van der Waals surface area contributed by atoms with Gasteiger partial charge in [-0.3, -0.25) is 4.79 Å². The lowest BCUT2D eigenvalue weighted by atomic mass is 10.1. The van der Waals surface area contributed by atoms with Gasteiger partial charge in [-0.15, -0.1) is 0 Å². The van der Waals surface area contributed by atoms with Crippen LogP contribution in [0.2, 0.25) is 0 Å². The van der Waals surface area contributed by atoms with E-state index in [1.54, 1.807) is 17.0 Å². The smallest absolute Gasteiger partial charge is 0.254 e. The Kier molecular flexibility index (Phi) is 2.92. The Hall–Kier alpha value is -1.42. The lowest BCUT2D eigenvalue weighted by Crippen LogP contribution is -2.32. The molecule has 4 heteroatoms. The van der Waals surface area contributed by atoms with Crippen LogP contribution >= 0.6 is 0 Å². The molecule has 1 fully saturated rings. The first-order chi connectivity index (χ1) is 7.58. The standard InChI is InChI=1S/C12H15FN2O/c1-8-6-15(7-11(8)14)12(16)9-3-2-4-10(13)5-9/h2-5,8,11H,6-7,14H2,1H3. The number of hydrogen-bond donors (Lipinski definition) is 1. The van der Waals surface area contributed by atoms with Crippen LogP contribution in [-0.4, -0.2) is 29.9 Å². The fraction of sp³-hybridized carbons (Fsp3) is 0.417. The van der Waals surface area contributed by atoms with E-state index in [4.69, 9.17) is 5.73 Å². The van der Waals surface area contributed by atoms with Gasteiger partial charge in [-0.1, -0.05) is 13.0 Å². The summed E-state index contributed by atoms with van der Waals surface area (Å²) < 4.78 is 13.0. The van der Waals surface area contributed by atoms with Crippen LogP contribution in [0.3, 0.4) is 0 Å². The molecule has 1 heterocycles. The normalized spacial score (nSPS) is 24.8. The largest absolute Gasteiger partial charge is 0.337 e. The van der Waals surface area contributed by atoms with E-state index >= 15 is 0 Å². The van der Waals surface area contributed by atoms with Crippen molar-refractivity contribution in [2.45, 2.75) is 13.0 Å². The van der Waals surface area contributed by atoms with E-state index < -0.39 is 0 Å². The van der Waals surface area contributed by atoms with E-state index in [0.717, 1.165) is 0 Å². The average molecular weight is 222 g/mol. The highest BCUT2D eigenvalue weighted by atomic mass is 19.1. The van der Waals surface area contributed by atoms with Crippen molar-refractivity contribution in [3.05, 3.63) is 35.6 Å². The first-order valence-corrected chi connectivity index (χ1v) is 5.38. The van der Waals surface area contributed by atoms with Crippen LogP contribution in [0.15, 0.2) is 24.3 Å². The second kappa shape index (κ2) is 4.22. The summed E-state index contributed by atoms with van der Waals surface area (Å²) in [5.41, 5.74) is 6.24. The molecule has 2 N–H and O–H groups in total. The minimum atomic E-state index is -0.387. The van der Waals surface area contributed by atoms with Gasteiger partial charge in [-0.25, -0.2) is 4.39 Å². The van der Waals surface area contributed by atoms with E-state index in [9.17, 15) is 9.18 Å². The maximum Gasteiger partial charge on any atom is 0.254 e. The van der Waals surface area contributed by atoms with Gasteiger partial charge >= 0.3 is 0 Å². The number of rotatable bonds is 1. The highest BCUT2D eigenvalue weighted by Gasteiger charge is 2.30. The molecule has 0 bridgehead atoms. The topological polar surface area (TPSA) is 46.3 Å². The molecule has 16 heavy (non-hydrogen) atoms. The molecule has 2 unspecified atom stereocenters. The van der Waals surface area contributed by atoms with Crippen molar-refractivity contribution in [2.75, 3.05) is 13.1 Å². The van der Waals surface area contributed by atoms with Crippen molar-refractivity contribution in [1.29, 1.82) is 0 Å². The van der Waals surface area contributed by atoms with Crippen LogP contribution in [-0.2, 0) is 0 Å². The molecule has 0 saturated carbocycles. The molecule has 1 amide bonds. The Morgan fingerprint density at radius 2 is 2.25 bits per heavy atom. The maximum atomic E-state index is 13.0. The molecule has 1 aliphatic heterocycles. The summed E-state index contributed by atoms with van der Waals surface area (Å²) in [6.07, 6.45) is 0. The molecule has 0 radical (unpaired) electrons. The van der Waals surface area contributed by atoms with Gasteiger partial charge in [0.1, 0.15) is 5.82 Å². The lowest BCUT2D eigenvalue weighted by Gasteiger charge is -2.15. The predicted octanol–water partition coefficient (Wildman–Crippen LogP) is 1.24. The second-order valence-electron chi connectivity index (χ2n) is 4.36. The second-order valence-corrected chi connectivity index (χ2v) is 4.36. The highest BCUT2D eigenvalue weighted by Crippen LogP contribution is 2.17. The molecule has 1 aromatic carbocycles. The molecule has 1 aromatic rings. The number of amides is 1. The van der Waals surface area contributed by atoms with Crippen molar-refractivity contribution in [3.8, 4) is 0 Å². The molecule has 86 valence electrons. The van der Waals surface area contributed by atoms with Gasteiger partial charge in [0.2, 0.25) is 0 Å². The monoisotopic (exact) mass is 222 g/mol. The van der Waals surface area contributed by atoms with Gasteiger partial charge in [0, 0.05) is 24.7 Å². The first kappa shape index (κ1) is 11.1. The number of carbonyl (C=O) groups excluding carboxylic acids is 1. The van der Waals surface area contributed by atoms with Crippen molar-refractivity contribution >= 4 is 5.91 Å². The molecule has 1 aliphatic rings. The summed E-state index contributed by atoms with van der Waals surface area (Å²) >= 11 is 0. The van der Waals surface area contributed by atoms with E-state index in [-0.39, 0.29) is 17.8 Å². The van der Waals surface area contributed by atoms with E-state index in [2.05, 4.69) is 0 Å². The third-order valence-corrected chi connectivity index (χ3v) is 3.03. The third-order valence-electron chi connectivity index (χ3n) is 3.03. The Labute approximate surface area is 94.0 Å². The first-order valence-electron chi connectivity index (χ1n) is 5.38. The van der Waals surface area contributed by atoms with Crippen LogP contribution in [0, 0.1) is 11.7 Å². The van der Waals surface area contributed by atoms with Gasteiger partial charge in [-0.05, 0) is 24.1 Å². The zero-order valence-electron chi connectivity index (χ0n) is 9.19. The van der Waals surface area contributed by atoms with Crippen molar-refractivity contribution < 1.29 is 9.18 Å². The maximum absolute atomic E-state index is 13.0. The van der Waals surface area contributed by atoms with Crippen LogP contribution in [0.4, 0.5) is 4.39 Å². The van der Waals surface area contributed by atoms with E-state index in [1.807, 2.05) is 6.92 Å². The molecular formula is C12H15FN2O. The number of likely N-dealkylation sites (tertiary alicyclic amines) is 1. The van der Waals surface area contributed by atoms with E-state index in [0.29, 0.717) is 24.6 Å². The molecule has 0 spiro atoms. The zero-order chi connectivity index (χ0) is 11.7. The summed E-state index contributed by atoms with van der Waals surface area (Å²) in [4.78, 5) is 13.7. The van der Waals surface area contributed by atoms with Gasteiger partial charge in [0.15, 0.2) is 0 Å². The zero-order valence-corrected chi connectivity index (χ0v) is 9.19. The highest BCUT2D eigenvalue weighted by molar-refractivity contribution is 5.94. The number of nitrogens with zero attached hydrogens (tertiary/aromatic N) is 1. The Morgan fingerprint density at radius 3 is 2.81 bits per heavy atom. The average Bonchev–Trinajstić information content (AvgIpc) is 2.58. The fourth-order valence-electron chi connectivity index (χ4n) is 1.96. The van der Waals surface area contributed by atoms with Crippen molar-refractivity contribution in [3.63, 3.8) is 0 Å². The number of carbonyl (C=O) groups is 1. The summed E-state index contributed by atoms with van der Waals surface area (Å²) in [7, 11) is 0. The van der Waals surface area contributed by atoms with Crippen molar-refractivity contribution in [1.82, 2.24) is 4.90 Å². The van der Waals surface area contributed by atoms with Crippen LogP contribution < -0.4 is 5.73 Å². The van der Waals surface area contributed by atoms with Gasteiger partial charge in [0.05, 0.1) is 0 Å². The molecule has 3 nitrogen and oxygen atoms in total. The lowest BCUT2D eigenvalue weighted by molar-refractivity contribution is 0.0786. The summed E-state index contributed by atoms with van der Waals surface area (Å²) in [6.45, 7) is 3.22. The number of hydrogen-bond acceptors (Lipinski definition) is 2. The Morgan fingerprint density at radius 1 is 1.50 bits per heavy atom. The summed E-state index contributed by atoms with van der Waals surface area (Å²) in [6, 6.07) is 5.78. The van der Waals surface area contributed by atoms with Crippen LogP contribution in [0.25, 0.3) is 0 Å². The van der Waals surface area contributed by atoms with Crippen molar-refractivity contribution in [2.24, 2.45) is 11.7 Å². The summed E-state index contributed by atoms with van der Waals surface area (Å²) in [5, 5.41) is 0. The molecule has 0 aromatic heterocycles. The molecule has 0 aliphatic carbocycles.